The molecule has 2 N–H and O–H groups in total. The Morgan fingerprint density at radius 2 is 2.09 bits per heavy atom. The fourth-order valence-corrected chi connectivity index (χ4v) is 2.61. The molecule has 0 bridgehead atoms. The van der Waals surface area contributed by atoms with Crippen molar-refractivity contribution in [2.75, 3.05) is 7.11 Å². The molecular formula is C14H15N3O4S. The fourth-order valence-electron chi connectivity index (χ4n) is 1.74. The second-order valence-electron chi connectivity index (χ2n) is 4.52. The Kier molecular flexibility index (Phi) is 5.16. The summed E-state index contributed by atoms with van der Waals surface area (Å²) >= 11 is 0.978. The van der Waals surface area contributed by atoms with E-state index in [1.54, 1.807) is 26.2 Å². The molecule has 7 nitrogen and oxygen atoms in total. The van der Waals surface area contributed by atoms with Crippen LogP contribution in [0.3, 0.4) is 0 Å². The second-order valence-corrected chi connectivity index (χ2v) is 5.71. The van der Waals surface area contributed by atoms with Crippen molar-refractivity contribution in [3.8, 4) is 5.75 Å². The first-order valence-electron chi connectivity index (χ1n) is 6.45. The molecule has 0 spiro atoms. The molecule has 0 saturated carbocycles. The zero-order valence-corrected chi connectivity index (χ0v) is 12.9. The molecule has 1 atom stereocenters. The number of ether oxygens (including phenoxy) is 1. The van der Waals surface area contributed by atoms with Crippen LogP contribution in [0.2, 0.25) is 0 Å². The van der Waals surface area contributed by atoms with Crippen molar-refractivity contribution >= 4 is 34.5 Å². The molecule has 0 radical (unpaired) electrons. The summed E-state index contributed by atoms with van der Waals surface area (Å²) in [4.78, 5) is 22.4. The van der Waals surface area contributed by atoms with Crippen molar-refractivity contribution in [1.82, 2.24) is 5.32 Å². The fraction of sp³-hybridized carbons (Fsp3) is 0.286. The summed E-state index contributed by atoms with van der Waals surface area (Å²) in [6, 6.07) is 7.28. The number of benzene rings is 1. The van der Waals surface area contributed by atoms with E-state index in [0.29, 0.717) is 5.71 Å². The maximum absolute atomic E-state index is 11.4. The highest BCUT2D eigenvalue weighted by Crippen LogP contribution is 2.21. The SMILES string of the molecule is COc1ccc(/C(C)=N\N=C2\NC(=O)C[C@H](C(=O)O)S2)cc1. The molecule has 1 aromatic rings. The van der Waals surface area contributed by atoms with Gasteiger partial charge < -0.3 is 15.2 Å². The first-order chi connectivity index (χ1) is 10.5. The van der Waals surface area contributed by atoms with Gasteiger partial charge in [0.15, 0.2) is 5.17 Å². The average molecular weight is 321 g/mol. The first-order valence-corrected chi connectivity index (χ1v) is 7.33. The van der Waals surface area contributed by atoms with Crippen molar-refractivity contribution < 1.29 is 19.4 Å². The molecule has 1 fully saturated rings. The molecule has 116 valence electrons. The van der Waals surface area contributed by atoms with E-state index in [4.69, 9.17) is 9.84 Å². The average Bonchev–Trinajstić information content (AvgIpc) is 2.52. The van der Waals surface area contributed by atoms with Gasteiger partial charge in [0.05, 0.1) is 12.8 Å². The molecule has 0 aliphatic carbocycles. The van der Waals surface area contributed by atoms with Crippen LogP contribution in [0.25, 0.3) is 0 Å². The van der Waals surface area contributed by atoms with Crippen LogP contribution < -0.4 is 10.1 Å². The van der Waals surface area contributed by atoms with E-state index in [0.717, 1.165) is 23.1 Å². The number of hydrogen-bond acceptors (Lipinski definition) is 6. The number of carboxylic acids is 1. The Labute approximate surface area is 131 Å². The molecule has 1 amide bonds. The summed E-state index contributed by atoms with van der Waals surface area (Å²) in [5.74, 6) is -0.673. The van der Waals surface area contributed by atoms with E-state index in [-0.39, 0.29) is 17.5 Å². The Bertz CT molecular complexity index is 640. The molecule has 1 aromatic carbocycles. The van der Waals surface area contributed by atoms with Gasteiger partial charge in [0, 0.05) is 6.42 Å². The Balaban J connectivity index is 2.13. The maximum Gasteiger partial charge on any atom is 0.317 e. The third-order valence-corrected chi connectivity index (χ3v) is 4.00. The normalized spacial score (nSPS) is 20.6. The van der Waals surface area contributed by atoms with Crippen LogP contribution >= 0.6 is 11.8 Å². The van der Waals surface area contributed by atoms with Crippen LogP contribution in [0.4, 0.5) is 0 Å². The number of nitrogens with one attached hydrogen (secondary N) is 1. The van der Waals surface area contributed by atoms with Gasteiger partial charge in [-0.25, -0.2) is 0 Å². The van der Waals surface area contributed by atoms with Crippen molar-refractivity contribution in [2.24, 2.45) is 10.2 Å². The molecule has 0 unspecified atom stereocenters. The summed E-state index contributed by atoms with van der Waals surface area (Å²) in [6.45, 7) is 1.77. The maximum atomic E-state index is 11.4. The van der Waals surface area contributed by atoms with E-state index < -0.39 is 11.2 Å². The van der Waals surface area contributed by atoms with E-state index >= 15 is 0 Å². The lowest BCUT2D eigenvalue weighted by atomic mass is 10.1. The lowest BCUT2D eigenvalue weighted by Crippen LogP contribution is -2.40. The van der Waals surface area contributed by atoms with Gasteiger partial charge in [0.2, 0.25) is 5.91 Å². The third kappa shape index (κ3) is 4.08. The highest BCUT2D eigenvalue weighted by molar-refractivity contribution is 8.15. The van der Waals surface area contributed by atoms with E-state index in [2.05, 4.69) is 15.5 Å². The zero-order valence-electron chi connectivity index (χ0n) is 12.1. The molecule has 1 aliphatic heterocycles. The predicted molar refractivity (Wildman–Crippen MR) is 84.4 cm³/mol. The molecular weight excluding hydrogens is 306 g/mol. The zero-order chi connectivity index (χ0) is 16.1. The Hall–Kier alpha value is -2.35. The minimum Gasteiger partial charge on any atom is -0.497 e. The van der Waals surface area contributed by atoms with Crippen LogP contribution in [0.5, 0.6) is 5.75 Å². The van der Waals surface area contributed by atoms with Gasteiger partial charge in [-0.1, -0.05) is 11.8 Å². The first kappa shape index (κ1) is 16.0. The second kappa shape index (κ2) is 7.08. The minimum atomic E-state index is -1.04. The summed E-state index contributed by atoms with van der Waals surface area (Å²) in [5, 5.41) is 18.8. The number of carbonyl (C=O) groups excluding carboxylic acids is 1. The van der Waals surface area contributed by atoms with Gasteiger partial charge in [0.1, 0.15) is 11.0 Å². The lowest BCUT2D eigenvalue weighted by Gasteiger charge is -2.18. The third-order valence-electron chi connectivity index (χ3n) is 2.95. The van der Waals surface area contributed by atoms with Crippen LogP contribution in [0, 0.1) is 0 Å². The summed E-state index contributed by atoms with van der Waals surface area (Å²) in [5.41, 5.74) is 1.49. The number of rotatable bonds is 4. The van der Waals surface area contributed by atoms with E-state index in [9.17, 15) is 9.59 Å². The van der Waals surface area contributed by atoms with Gasteiger partial charge in [-0.3, -0.25) is 9.59 Å². The van der Waals surface area contributed by atoms with Crippen LogP contribution in [0.1, 0.15) is 18.9 Å². The topological polar surface area (TPSA) is 100 Å². The van der Waals surface area contributed by atoms with Gasteiger partial charge in [-0.2, -0.15) is 5.10 Å². The number of aliphatic carboxylic acids is 1. The summed E-state index contributed by atoms with van der Waals surface area (Å²) < 4.78 is 5.08. The van der Waals surface area contributed by atoms with Crippen molar-refractivity contribution in [2.45, 2.75) is 18.6 Å². The predicted octanol–water partition coefficient (Wildman–Crippen LogP) is 1.48. The lowest BCUT2D eigenvalue weighted by molar-refractivity contribution is -0.138. The van der Waals surface area contributed by atoms with Gasteiger partial charge in [-0.15, -0.1) is 5.10 Å². The molecule has 1 saturated heterocycles. The van der Waals surface area contributed by atoms with Gasteiger partial charge in [0.25, 0.3) is 0 Å². The van der Waals surface area contributed by atoms with Gasteiger partial charge >= 0.3 is 5.97 Å². The molecule has 1 aliphatic rings. The summed E-state index contributed by atoms with van der Waals surface area (Å²) in [6.07, 6.45) is -0.0692. The quantitative estimate of drug-likeness (QED) is 0.646. The number of hydrogen-bond donors (Lipinski definition) is 2. The van der Waals surface area contributed by atoms with Crippen molar-refractivity contribution in [3.63, 3.8) is 0 Å². The van der Waals surface area contributed by atoms with E-state index in [1.165, 1.54) is 0 Å². The standard InChI is InChI=1S/C14H15N3O4S/c1-8(9-3-5-10(21-2)6-4-9)16-17-14-15-12(18)7-11(22-14)13(19)20/h3-6,11H,7H2,1-2H3,(H,19,20)(H,15,17,18)/b16-8-/t11-/m1/s1. The smallest absolute Gasteiger partial charge is 0.317 e. The van der Waals surface area contributed by atoms with Gasteiger partial charge in [-0.05, 0) is 36.8 Å². The van der Waals surface area contributed by atoms with Crippen LogP contribution in [-0.4, -0.2) is 40.2 Å². The van der Waals surface area contributed by atoms with Crippen LogP contribution in [-0.2, 0) is 9.59 Å². The van der Waals surface area contributed by atoms with E-state index in [1.807, 2.05) is 12.1 Å². The molecule has 1 heterocycles. The van der Waals surface area contributed by atoms with Crippen molar-refractivity contribution in [3.05, 3.63) is 29.8 Å². The number of amides is 1. The van der Waals surface area contributed by atoms with Crippen LogP contribution in [0.15, 0.2) is 34.5 Å². The molecule has 8 heteroatoms. The van der Waals surface area contributed by atoms with Crippen molar-refractivity contribution in [1.29, 1.82) is 0 Å². The highest BCUT2D eigenvalue weighted by atomic mass is 32.2. The Morgan fingerprint density at radius 3 is 2.68 bits per heavy atom. The molecule has 2 rings (SSSR count). The largest absolute Gasteiger partial charge is 0.497 e. The molecule has 0 aromatic heterocycles. The monoisotopic (exact) mass is 321 g/mol. The highest BCUT2D eigenvalue weighted by Gasteiger charge is 2.29. The Morgan fingerprint density at radius 1 is 1.41 bits per heavy atom. The number of nitrogens with zero attached hydrogens (tertiary/aromatic N) is 2. The number of thioether (sulfide) groups is 1. The number of amidine groups is 1. The molecule has 22 heavy (non-hydrogen) atoms. The number of carboxylic acid groups (broad SMARTS) is 1. The number of carbonyl (C=O) groups is 2. The minimum absolute atomic E-state index is 0.0692. The number of methoxy groups -OCH3 is 1. The summed E-state index contributed by atoms with van der Waals surface area (Å²) in [7, 11) is 1.59.